The monoisotopic (exact) mass is 155 g/mol. The zero-order chi connectivity index (χ0) is 6.57. The third-order valence-electron chi connectivity index (χ3n) is 0.560. The summed E-state index contributed by atoms with van der Waals surface area (Å²) in [5.74, 6) is 0. The van der Waals surface area contributed by atoms with E-state index in [0.29, 0.717) is 6.42 Å². The predicted molar refractivity (Wildman–Crippen MR) is 33.2 cm³/mol. The molecule has 0 fully saturated rings. The molecule has 0 aromatic rings. The molecular formula is C3H7Cl2N3. The minimum absolute atomic E-state index is 0.340. The summed E-state index contributed by atoms with van der Waals surface area (Å²) in [7, 11) is 0. The van der Waals surface area contributed by atoms with Gasteiger partial charge in [0.25, 0.3) is 0 Å². The molecule has 0 radical (unpaired) electrons. The number of nitrogens with one attached hydrogen (secondary N) is 1. The zero-order valence-corrected chi connectivity index (χ0v) is 5.65. The molecule has 0 aliphatic carbocycles. The normalized spacial score (nSPS) is 17.4. The number of halogens is 2. The smallest absolute Gasteiger partial charge is 0.146 e. The molecule has 0 heterocycles. The second-order valence-electron chi connectivity index (χ2n) is 1.32. The van der Waals surface area contributed by atoms with Gasteiger partial charge in [-0.1, -0.05) is 11.6 Å². The van der Waals surface area contributed by atoms with Gasteiger partial charge in [0, 0.05) is 6.42 Å². The number of nitrogens with two attached hydrogens (primary N) is 1. The number of hydrogen-bond acceptors (Lipinski definition) is 3. The molecular weight excluding hydrogens is 149 g/mol. The van der Waals surface area contributed by atoms with Crippen molar-refractivity contribution < 1.29 is 0 Å². The number of nitrogens with zero attached hydrogens (tertiary/aromatic N) is 1. The number of hydrogen-bond donors (Lipinski definition) is 2. The van der Waals surface area contributed by atoms with Crippen LogP contribution in [-0.2, 0) is 0 Å². The van der Waals surface area contributed by atoms with Gasteiger partial charge in [-0.05, 0) is 0 Å². The van der Waals surface area contributed by atoms with E-state index >= 15 is 0 Å². The fraction of sp³-hybridized carbons (Fsp3) is 1.00. The molecule has 0 spiro atoms. The minimum Gasteiger partial charge on any atom is -0.315 e. The highest BCUT2D eigenvalue weighted by Gasteiger charge is 2.04. The van der Waals surface area contributed by atoms with Crippen LogP contribution in [0, 0.1) is 5.53 Å². The SMILES string of the molecule is N=NC(Cl)CC(N)Cl. The Kier molecular flexibility index (Phi) is 4.13. The lowest BCUT2D eigenvalue weighted by atomic mass is 10.4. The van der Waals surface area contributed by atoms with Crippen LogP contribution in [0.4, 0.5) is 0 Å². The van der Waals surface area contributed by atoms with Gasteiger partial charge in [-0.2, -0.15) is 5.11 Å². The van der Waals surface area contributed by atoms with Crippen molar-refractivity contribution in [3.05, 3.63) is 0 Å². The van der Waals surface area contributed by atoms with Gasteiger partial charge in [0.15, 0.2) is 0 Å². The first-order valence-corrected chi connectivity index (χ1v) is 2.94. The van der Waals surface area contributed by atoms with Crippen LogP contribution in [0.2, 0.25) is 0 Å². The van der Waals surface area contributed by atoms with Gasteiger partial charge in [-0.25, -0.2) is 5.53 Å². The van der Waals surface area contributed by atoms with E-state index in [1.165, 1.54) is 0 Å². The fourth-order valence-electron chi connectivity index (χ4n) is 0.239. The summed E-state index contributed by atoms with van der Waals surface area (Å²) in [4.78, 5) is 0. The van der Waals surface area contributed by atoms with Crippen molar-refractivity contribution in [1.82, 2.24) is 0 Å². The summed E-state index contributed by atoms with van der Waals surface area (Å²) in [6, 6.07) is 0. The first kappa shape index (κ1) is 8.14. The Labute approximate surface area is 57.7 Å². The van der Waals surface area contributed by atoms with Crippen LogP contribution in [0.15, 0.2) is 5.11 Å². The van der Waals surface area contributed by atoms with Gasteiger partial charge in [0.2, 0.25) is 0 Å². The van der Waals surface area contributed by atoms with E-state index in [1.54, 1.807) is 0 Å². The summed E-state index contributed by atoms with van der Waals surface area (Å²) in [6.45, 7) is 0. The van der Waals surface area contributed by atoms with Crippen molar-refractivity contribution in [3.63, 3.8) is 0 Å². The van der Waals surface area contributed by atoms with E-state index in [9.17, 15) is 0 Å². The lowest BCUT2D eigenvalue weighted by Crippen LogP contribution is -2.15. The Morgan fingerprint density at radius 3 is 2.25 bits per heavy atom. The van der Waals surface area contributed by atoms with E-state index in [1.807, 2.05) is 0 Å². The van der Waals surface area contributed by atoms with Gasteiger partial charge in [-0.15, -0.1) is 11.6 Å². The van der Waals surface area contributed by atoms with E-state index < -0.39 is 11.0 Å². The predicted octanol–water partition coefficient (Wildman–Crippen LogP) is 1.50. The molecule has 3 N–H and O–H groups in total. The Morgan fingerprint density at radius 2 is 2.12 bits per heavy atom. The maximum Gasteiger partial charge on any atom is 0.146 e. The molecule has 0 saturated heterocycles. The van der Waals surface area contributed by atoms with Crippen molar-refractivity contribution in [3.8, 4) is 0 Å². The van der Waals surface area contributed by atoms with Crippen LogP contribution in [-0.4, -0.2) is 11.0 Å². The first-order chi connectivity index (χ1) is 3.66. The van der Waals surface area contributed by atoms with Gasteiger partial charge in [-0.3, -0.25) is 0 Å². The Balaban J connectivity index is 3.23. The Hall–Kier alpha value is 0.140. The average molecular weight is 156 g/mol. The lowest BCUT2D eigenvalue weighted by Gasteiger charge is -2.01. The largest absolute Gasteiger partial charge is 0.315 e. The summed E-state index contributed by atoms with van der Waals surface area (Å²) in [6.07, 6.45) is 0.340. The summed E-state index contributed by atoms with van der Waals surface area (Å²) in [5.41, 5.74) is 10.4. The molecule has 0 aliphatic rings. The van der Waals surface area contributed by atoms with E-state index in [0.717, 1.165) is 0 Å². The van der Waals surface area contributed by atoms with Crippen LogP contribution in [0.1, 0.15) is 6.42 Å². The molecule has 0 aliphatic heterocycles. The zero-order valence-electron chi connectivity index (χ0n) is 4.14. The van der Waals surface area contributed by atoms with Crippen LogP contribution < -0.4 is 5.73 Å². The van der Waals surface area contributed by atoms with Crippen LogP contribution >= 0.6 is 23.2 Å². The van der Waals surface area contributed by atoms with E-state index in [2.05, 4.69) is 5.11 Å². The standard InChI is InChI=1S/C3H7Cl2N3/c4-2(6)1-3(5)8-7/h2-3,7H,1,6H2. The highest BCUT2D eigenvalue weighted by Crippen LogP contribution is 2.06. The second-order valence-corrected chi connectivity index (χ2v) is 2.38. The van der Waals surface area contributed by atoms with Crippen molar-refractivity contribution in [1.29, 1.82) is 5.53 Å². The molecule has 8 heavy (non-hydrogen) atoms. The first-order valence-electron chi connectivity index (χ1n) is 2.07. The van der Waals surface area contributed by atoms with E-state index in [-0.39, 0.29) is 0 Å². The van der Waals surface area contributed by atoms with Gasteiger partial charge in [0.05, 0.1) is 5.50 Å². The van der Waals surface area contributed by atoms with Gasteiger partial charge < -0.3 is 5.73 Å². The van der Waals surface area contributed by atoms with Crippen molar-refractivity contribution in [2.24, 2.45) is 10.8 Å². The molecule has 3 nitrogen and oxygen atoms in total. The summed E-state index contributed by atoms with van der Waals surface area (Å²) >= 11 is 10.6. The lowest BCUT2D eigenvalue weighted by molar-refractivity contribution is 0.703. The molecule has 0 rings (SSSR count). The molecule has 48 valence electrons. The molecule has 2 unspecified atom stereocenters. The fourth-order valence-corrected chi connectivity index (χ4v) is 0.690. The highest BCUT2D eigenvalue weighted by molar-refractivity contribution is 6.23. The maximum absolute atomic E-state index is 6.38. The van der Waals surface area contributed by atoms with E-state index in [4.69, 9.17) is 34.5 Å². The quantitative estimate of drug-likeness (QED) is 0.363. The third kappa shape index (κ3) is 4.30. The van der Waals surface area contributed by atoms with Crippen molar-refractivity contribution in [2.45, 2.75) is 17.4 Å². The molecule has 0 aromatic carbocycles. The molecule has 0 amide bonds. The average Bonchev–Trinajstić information content (AvgIpc) is 1.65. The summed E-state index contributed by atoms with van der Waals surface area (Å²) < 4.78 is 0. The molecule has 0 bridgehead atoms. The maximum atomic E-state index is 6.38. The number of alkyl halides is 2. The van der Waals surface area contributed by atoms with Crippen LogP contribution in [0.3, 0.4) is 0 Å². The Morgan fingerprint density at radius 1 is 1.62 bits per heavy atom. The molecule has 2 atom stereocenters. The topological polar surface area (TPSA) is 62.2 Å². The minimum atomic E-state index is -0.567. The second kappa shape index (κ2) is 4.06. The third-order valence-corrected chi connectivity index (χ3v) is 1.01. The van der Waals surface area contributed by atoms with Crippen molar-refractivity contribution in [2.75, 3.05) is 0 Å². The number of rotatable bonds is 3. The van der Waals surface area contributed by atoms with Gasteiger partial charge in [0.1, 0.15) is 5.50 Å². The summed E-state index contributed by atoms with van der Waals surface area (Å²) in [5, 5.41) is 2.98. The van der Waals surface area contributed by atoms with Gasteiger partial charge >= 0.3 is 0 Å². The van der Waals surface area contributed by atoms with Crippen LogP contribution in [0.5, 0.6) is 0 Å². The van der Waals surface area contributed by atoms with Crippen molar-refractivity contribution >= 4 is 23.2 Å². The molecule has 5 heteroatoms. The molecule has 0 saturated carbocycles. The Bertz CT molecular complexity index is 74.9. The highest BCUT2D eigenvalue weighted by atomic mass is 35.5. The molecule has 0 aromatic heterocycles. The van der Waals surface area contributed by atoms with Crippen LogP contribution in [0.25, 0.3) is 0 Å².